The number of nitrogens with one attached hydrogen (secondary N) is 1. The van der Waals surface area contributed by atoms with E-state index < -0.39 is 29.9 Å². The van der Waals surface area contributed by atoms with E-state index >= 15 is 0 Å². The average molecular weight is 533 g/mol. The number of fused-ring (bicyclic) bond motifs is 1. The third-order valence-electron chi connectivity index (χ3n) is 6.17. The van der Waals surface area contributed by atoms with E-state index in [1.165, 1.54) is 14.2 Å². The molecule has 4 aromatic rings. The Labute approximate surface area is 224 Å². The summed E-state index contributed by atoms with van der Waals surface area (Å²) in [6.45, 7) is 0.296. The van der Waals surface area contributed by atoms with E-state index in [2.05, 4.69) is 10.1 Å². The highest BCUT2D eigenvalue weighted by molar-refractivity contribution is 6.04. The van der Waals surface area contributed by atoms with Crippen LogP contribution < -0.4 is 5.32 Å². The van der Waals surface area contributed by atoms with Gasteiger partial charge in [-0.25, -0.2) is 14.7 Å². The molecule has 2 N–H and O–H groups in total. The summed E-state index contributed by atoms with van der Waals surface area (Å²) in [5.41, 5.74) is 2.32. The number of hydrogen-bond donors (Lipinski definition) is 2. The van der Waals surface area contributed by atoms with Crippen molar-refractivity contribution in [2.45, 2.75) is 31.8 Å². The van der Waals surface area contributed by atoms with Gasteiger partial charge in [0.15, 0.2) is 0 Å². The first-order chi connectivity index (χ1) is 18.8. The lowest BCUT2D eigenvalue weighted by atomic mass is 10.0. The molecule has 2 aromatic heterocycles. The third kappa shape index (κ3) is 6.50. The molecule has 3 amide bonds. The normalized spacial score (nSPS) is 11.6. The van der Waals surface area contributed by atoms with E-state index in [-0.39, 0.29) is 18.4 Å². The highest BCUT2D eigenvalue weighted by Crippen LogP contribution is 2.27. The Morgan fingerprint density at radius 1 is 1.08 bits per heavy atom. The second kappa shape index (κ2) is 12.1. The quantitative estimate of drug-likeness (QED) is 0.314. The number of nitrogens with zero attached hydrogens (tertiary/aromatic N) is 3. The number of rotatable bonds is 10. The zero-order valence-electron chi connectivity index (χ0n) is 21.5. The lowest BCUT2D eigenvalue weighted by Crippen LogP contribution is -2.32. The topological polar surface area (TPSA) is 144 Å². The van der Waals surface area contributed by atoms with Crippen molar-refractivity contribution in [3.05, 3.63) is 89.6 Å². The minimum atomic E-state index is -1.07. The first-order valence-corrected chi connectivity index (χ1v) is 12.2. The fourth-order valence-corrected chi connectivity index (χ4v) is 4.23. The lowest BCUT2D eigenvalue weighted by Gasteiger charge is -2.20. The van der Waals surface area contributed by atoms with Gasteiger partial charge in [0.05, 0.1) is 43.4 Å². The van der Waals surface area contributed by atoms with Gasteiger partial charge >= 0.3 is 12.1 Å². The zero-order chi connectivity index (χ0) is 27.9. The number of aliphatic carboxylic acids is 1. The van der Waals surface area contributed by atoms with Gasteiger partial charge in [0.25, 0.3) is 5.91 Å². The van der Waals surface area contributed by atoms with Gasteiger partial charge in [0, 0.05) is 19.0 Å². The zero-order valence-corrected chi connectivity index (χ0v) is 21.5. The smallest absolute Gasteiger partial charge is 0.416 e. The number of hydrogen-bond acceptors (Lipinski definition) is 7. The second-order valence-electron chi connectivity index (χ2n) is 8.88. The van der Waals surface area contributed by atoms with E-state index in [0.717, 1.165) is 10.5 Å². The number of benzene rings is 2. The van der Waals surface area contributed by atoms with Crippen LogP contribution in [-0.4, -0.2) is 57.6 Å². The van der Waals surface area contributed by atoms with Crippen molar-refractivity contribution >= 4 is 34.9 Å². The van der Waals surface area contributed by atoms with Crippen molar-refractivity contribution in [3.63, 3.8) is 0 Å². The van der Waals surface area contributed by atoms with Gasteiger partial charge in [-0.1, -0.05) is 30.3 Å². The van der Waals surface area contributed by atoms with Crippen LogP contribution in [0.5, 0.6) is 0 Å². The predicted molar refractivity (Wildman–Crippen MR) is 140 cm³/mol. The average Bonchev–Trinajstić information content (AvgIpc) is 3.58. The molecule has 2 aromatic carbocycles. The summed E-state index contributed by atoms with van der Waals surface area (Å²) in [4.78, 5) is 54.2. The number of methoxy groups -OCH3 is 1. The maximum Gasteiger partial charge on any atom is 0.416 e. The number of ether oxygens (including phenoxy) is 1. The molecule has 0 aliphatic rings. The number of amides is 3. The monoisotopic (exact) mass is 532 g/mol. The summed E-state index contributed by atoms with van der Waals surface area (Å²) >= 11 is 0. The number of carboxylic acid groups (broad SMARTS) is 1. The molecule has 0 bridgehead atoms. The molecule has 0 saturated carbocycles. The summed E-state index contributed by atoms with van der Waals surface area (Å²) in [6, 6.07) is 17.4. The largest absolute Gasteiger partial charge is 0.481 e. The Hall–Kier alpha value is -4.93. The number of carbonyl (C=O) groups excluding carboxylic acids is 3. The van der Waals surface area contributed by atoms with E-state index in [0.29, 0.717) is 35.6 Å². The second-order valence-corrected chi connectivity index (χ2v) is 8.88. The molecular weight excluding hydrogens is 504 g/mol. The molecule has 0 fully saturated rings. The number of aromatic nitrogens is 2. The third-order valence-corrected chi connectivity index (χ3v) is 6.17. The molecule has 11 nitrogen and oxygen atoms in total. The molecule has 11 heteroatoms. The van der Waals surface area contributed by atoms with E-state index in [1.54, 1.807) is 30.5 Å². The Morgan fingerprint density at radius 2 is 1.85 bits per heavy atom. The molecule has 0 spiro atoms. The number of carbonyl (C=O) groups is 4. The van der Waals surface area contributed by atoms with Crippen LogP contribution in [0.2, 0.25) is 0 Å². The fourth-order valence-electron chi connectivity index (χ4n) is 4.23. The van der Waals surface area contributed by atoms with Crippen molar-refractivity contribution in [1.82, 2.24) is 19.8 Å². The molecule has 0 aliphatic heterocycles. The molecular formula is C28H28N4O7. The molecule has 0 saturated heterocycles. The molecule has 202 valence electrons. The summed E-state index contributed by atoms with van der Waals surface area (Å²) in [7, 11) is 2.51. The van der Waals surface area contributed by atoms with Gasteiger partial charge in [-0.2, -0.15) is 0 Å². The Bertz CT molecular complexity index is 1480. The predicted octanol–water partition coefficient (Wildman–Crippen LogP) is 3.78. The number of furan rings is 1. The molecule has 2 heterocycles. The van der Waals surface area contributed by atoms with Gasteiger partial charge in [-0.05, 0) is 42.3 Å². The molecule has 0 aliphatic carbocycles. The first kappa shape index (κ1) is 27.1. The number of imide groups is 1. The summed E-state index contributed by atoms with van der Waals surface area (Å²) < 4.78 is 12.1. The molecule has 1 atom stereocenters. The van der Waals surface area contributed by atoms with Crippen molar-refractivity contribution in [2.24, 2.45) is 0 Å². The lowest BCUT2D eigenvalue weighted by molar-refractivity contribution is -0.138. The highest BCUT2D eigenvalue weighted by atomic mass is 16.5. The van der Waals surface area contributed by atoms with Gasteiger partial charge in [-0.3, -0.25) is 14.4 Å². The van der Waals surface area contributed by atoms with E-state index in [4.69, 9.17) is 14.5 Å². The summed E-state index contributed by atoms with van der Waals surface area (Å²) in [5.74, 6) is -0.903. The van der Waals surface area contributed by atoms with E-state index in [9.17, 15) is 19.2 Å². The molecule has 39 heavy (non-hydrogen) atoms. The number of carboxylic acids is 1. The van der Waals surface area contributed by atoms with Crippen molar-refractivity contribution in [2.75, 3.05) is 14.2 Å². The van der Waals surface area contributed by atoms with Gasteiger partial charge in [0.2, 0.25) is 5.91 Å². The number of imidazole rings is 1. The van der Waals surface area contributed by atoms with Crippen LogP contribution in [0.3, 0.4) is 0 Å². The Kier molecular flexibility index (Phi) is 8.40. The molecule has 1 unspecified atom stereocenters. The summed E-state index contributed by atoms with van der Waals surface area (Å²) in [5, 5.41) is 12.0. The van der Waals surface area contributed by atoms with Gasteiger partial charge < -0.3 is 24.1 Å². The van der Waals surface area contributed by atoms with Crippen LogP contribution >= 0.6 is 0 Å². The Balaban J connectivity index is 1.78. The van der Waals surface area contributed by atoms with Crippen molar-refractivity contribution < 1.29 is 33.4 Å². The van der Waals surface area contributed by atoms with Crippen molar-refractivity contribution in [1.29, 1.82) is 0 Å². The first-order valence-electron chi connectivity index (χ1n) is 12.2. The van der Waals surface area contributed by atoms with Crippen LogP contribution in [0, 0.1) is 0 Å². The SMILES string of the molecule is COC(=O)N(C)C(=O)c1ccc2c(c1)nc(C(Cc1ccccc1)NC(=O)CCC(=O)O)n2Cc1ccco1. The Morgan fingerprint density at radius 3 is 2.51 bits per heavy atom. The van der Waals surface area contributed by atoms with Crippen LogP contribution in [0.15, 0.2) is 71.3 Å². The van der Waals surface area contributed by atoms with Gasteiger partial charge in [0.1, 0.15) is 11.6 Å². The van der Waals surface area contributed by atoms with Crippen LogP contribution in [0.4, 0.5) is 4.79 Å². The van der Waals surface area contributed by atoms with Gasteiger partial charge in [-0.15, -0.1) is 0 Å². The van der Waals surface area contributed by atoms with E-state index in [1.807, 2.05) is 41.0 Å². The molecule has 4 rings (SSSR count). The maximum atomic E-state index is 12.9. The van der Waals surface area contributed by atoms with Crippen molar-refractivity contribution in [3.8, 4) is 0 Å². The van der Waals surface area contributed by atoms with Crippen LogP contribution in [0.25, 0.3) is 11.0 Å². The van der Waals surface area contributed by atoms with Crippen LogP contribution in [-0.2, 0) is 27.3 Å². The fraction of sp³-hybridized carbons (Fsp3) is 0.250. The minimum Gasteiger partial charge on any atom is -0.481 e. The highest BCUT2D eigenvalue weighted by Gasteiger charge is 2.25. The van der Waals surface area contributed by atoms with Crippen LogP contribution in [0.1, 0.15) is 46.4 Å². The standard InChI is InChI=1S/C28H28N4O7/c1-31(28(37)38-2)27(36)19-10-11-23-21(16-19)30-26(32(23)17-20-9-6-14-39-20)22(15-18-7-4-3-5-8-18)29-24(33)12-13-25(34)35/h3-11,14,16,22H,12-13,15,17H2,1-2H3,(H,29,33)(H,34,35). The maximum absolute atomic E-state index is 12.9. The molecule has 0 radical (unpaired) electrons. The summed E-state index contributed by atoms with van der Waals surface area (Å²) in [6.07, 6.45) is 0.667. The minimum absolute atomic E-state index is 0.183.